The topological polar surface area (TPSA) is 49.2 Å². The zero-order chi connectivity index (χ0) is 34.9. The van der Waals surface area contributed by atoms with Crippen molar-refractivity contribution in [3.8, 4) is 62.5 Å². The van der Waals surface area contributed by atoms with Crippen molar-refractivity contribution in [2.75, 3.05) is 0 Å². The second-order valence-electron chi connectivity index (χ2n) is 13.4. The Morgan fingerprint density at radius 2 is 1.08 bits per heavy atom. The van der Waals surface area contributed by atoms with E-state index in [-0.39, 0.29) is 0 Å². The summed E-state index contributed by atoms with van der Waals surface area (Å²) in [6.45, 7) is 0. The third kappa shape index (κ3) is 4.71. The van der Waals surface area contributed by atoms with Crippen molar-refractivity contribution in [2.24, 2.45) is 0 Å². The smallest absolute Gasteiger partial charge is 0.194 e. The molecule has 0 N–H and O–H groups in total. The van der Waals surface area contributed by atoms with Gasteiger partial charge >= 0.3 is 0 Å². The van der Waals surface area contributed by atoms with Gasteiger partial charge in [-0.25, -0.2) is 9.97 Å². The highest BCUT2D eigenvalue weighted by molar-refractivity contribution is 6.20. The molecule has 0 spiro atoms. The Balaban J connectivity index is 1.06. The monoisotopic (exact) mass is 679 g/mol. The van der Waals surface area contributed by atoms with Crippen LogP contribution in [-0.4, -0.2) is 14.5 Å². The van der Waals surface area contributed by atoms with E-state index in [4.69, 9.17) is 19.4 Å². The van der Waals surface area contributed by atoms with Gasteiger partial charge in [-0.05, 0) is 59.0 Å². The minimum Gasteiger partial charge on any atom is -0.449 e. The summed E-state index contributed by atoms with van der Waals surface area (Å²) in [6, 6.07) is 60.8. The summed E-state index contributed by atoms with van der Waals surface area (Å²) in [5, 5.41) is 5.65. The number of benzene rings is 8. The van der Waals surface area contributed by atoms with Crippen LogP contribution >= 0.6 is 0 Å². The maximum atomic E-state index is 6.67. The first kappa shape index (κ1) is 29.5. The second-order valence-corrected chi connectivity index (χ2v) is 13.4. The van der Waals surface area contributed by atoms with Crippen molar-refractivity contribution >= 4 is 43.5 Å². The van der Waals surface area contributed by atoms with Gasteiger partial charge in [0.05, 0.1) is 16.7 Å². The van der Waals surface area contributed by atoms with Gasteiger partial charge in [0.2, 0.25) is 0 Å². The Hall–Kier alpha value is -7.24. The molecule has 11 rings (SSSR count). The van der Waals surface area contributed by atoms with Gasteiger partial charge in [-0.2, -0.15) is 0 Å². The van der Waals surface area contributed by atoms with Gasteiger partial charge in [0, 0.05) is 38.4 Å². The average molecular weight is 680 g/mol. The lowest BCUT2D eigenvalue weighted by molar-refractivity contribution is 0.362. The van der Waals surface area contributed by atoms with Gasteiger partial charge in [-0.15, -0.1) is 0 Å². The number of fused-ring (bicyclic) bond motifs is 9. The van der Waals surface area contributed by atoms with Crippen molar-refractivity contribution in [2.45, 2.75) is 0 Å². The normalized spacial score (nSPS) is 12.1. The van der Waals surface area contributed by atoms with Crippen LogP contribution in [0.15, 0.2) is 176 Å². The first-order valence-electron chi connectivity index (χ1n) is 17.7. The molecule has 0 radical (unpaired) electrons. The average Bonchev–Trinajstić information content (AvgIpc) is 3.58. The molecule has 0 amide bonds. The number of hydrogen-bond donors (Lipinski definition) is 0. The van der Waals surface area contributed by atoms with Crippen LogP contribution in [0, 0.1) is 0 Å². The maximum Gasteiger partial charge on any atom is 0.194 e. The standard InChI is InChI=1S/C48H29N3O2/c1-2-12-32(13-3-1)44-39-17-6-7-18-40(39)49-48(50-44)33-23-21-30(22-24-33)34-14-10-15-35(29-34)51-45-36-16-5-4-11-31(36)25-26-37(45)38-27-28-43-47(46(38)51)53-42-20-9-8-19-41(42)52-43/h1-29H. The lowest BCUT2D eigenvalue weighted by Crippen LogP contribution is -2.02. The van der Waals surface area contributed by atoms with Crippen molar-refractivity contribution in [3.63, 3.8) is 0 Å². The van der Waals surface area contributed by atoms with Crippen molar-refractivity contribution in [3.05, 3.63) is 176 Å². The molecule has 5 heteroatoms. The summed E-state index contributed by atoms with van der Waals surface area (Å²) in [5.41, 5.74) is 9.22. The Labute approximate surface area is 305 Å². The van der Waals surface area contributed by atoms with E-state index in [0.29, 0.717) is 28.8 Å². The Kier molecular flexibility index (Phi) is 6.48. The van der Waals surface area contributed by atoms with E-state index in [1.165, 1.54) is 10.8 Å². The molecule has 10 aromatic rings. The SMILES string of the molecule is c1ccc(-c2nc(-c3ccc(-c4cccc(-n5c6c7c(ccc6c6ccc8ccccc8c65)Oc5ccccc5O7)c4)cc3)nc3ccccc23)cc1. The second kappa shape index (κ2) is 11.7. The summed E-state index contributed by atoms with van der Waals surface area (Å²) in [5.74, 6) is 3.52. The molecular weight excluding hydrogens is 651 g/mol. The van der Waals surface area contributed by atoms with Gasteiger partial charge in [0.1, 0.15) is 5.52 Å². The number of rotatable bonds is 4. The summed E-state index contributed by atoms with van der Waals surface area (Å²) >= 11 is 0. The Bertz CT molecular complexity index is 3060. The highest BCUT2D eigenvalue weighted by Crippen LogP contribution is 2.51. The van der Waals surface area contributed by atoms with E-state index in [1.807, 2.05) is 60.7 Å². The molecule has 8 aromatic carbocycles. The lowest BCUT2D eigenvalue weighted by Gasteiger charge is -2.22. The van der Waals surface area contributed by atoms with Crippen LogP contribution in [0.1, 0.15) is 0 Å². The summed E-state index contributed by atoms with van der Waals surface area (Å²) in [4.78, 5) is 10.1. The first-order chi connectivity index (χ1) is 26.3. The zero-order valence-electron chi connectivity index (χ0n) is 28.4. The van der Waals surface area contributed by atoms with E-state index >= 15 is 0 Å². The van der Waals surface area contributed by atoms with E-state index in [9.17, 15) is 0 Å². The molecule has 1 aliphatic rings. The number of hydrogen-bond acceptors (Lipinski definition) is 4. The highest BCUT2D eigenvalue weighted by atomic mass is 16.6. The molecule has 53 heavy (non-hydrogen) atoms. The summed E-state index contributed by atoms with van der Waals surface area (Å²) in [7, 11) is 0. The Morgan fingerprint density at radius 1 is 0.396 bits per heavy atom. The molecule has 248 valence electrons. The van der Waals surface area contributed by atoms with Crippen molar-refractivity contribution in [1.82, 2.24) is 14.5 Å². The molecule has 5 nitrogen and oxygen atoms in total. The number of para-hydroxylation sites is 3. The van der Waals surface area contributed by atoms with Crippen LogP contribution in [0.4, 0.5) is 0 Å². The van der Waals surface area contributed by atoms with E-state index in [0.717, 1.165) is 66.3 Å². The van der Waals surface area contributed by atoms with Crippen molar-refractivity contribution < 1.29 is 9.47 Å². The van der Waals surface area contributed by atoms with Crippen LogP contribution in [0.25, 0.3) is 82.9 Å². The molecule has 0 unspecified atom stereocenters. The summed E-state index contributed by atoms with van der Waals surface area (Å²) < 4.78 is 15.4. The zero-order valence-corrected chi connectivity index (χ0v) is 28.4. The van der Waals surface area contributed by atoms with Crippen LogP contribution < -0.4 is 9.47 Å². The van der Waals surface area contributed by atoms with Crippen LogP contribution in [0.3, 0.4) is 0 Å². The quantitative estimate of drug-likeness (QED) is 0.186. The van der Waals surface area contributed by atoms with Gasteiger partial charge in [0.15, 0.2) is 28.8 Å². The van der Waals surface area contributed by atoms with Gasteiger partial charge in [-0.1, -0.05) is 133 Å². The third-order valence-corrected chi connectivity index (χ3v) is 10.2. The molecule has 0 saturated heterocycles. The van der Waals surface area contributed by atoms with Gasteiger partial charge in [0.25, 0.3) is 0 Å². The number of nitrogens with zero attached hydrogens (tertiary/aromatic N) is 3. The van der Waals surface area contributed by atoms with Gasteiger partial charge < -0.3 is 14.0 Å². The van der Waals surface area contributed by atoms with Crippen molar-refractivity contribution in [1.29, 1.82) is 0 Å². The maximum absolute atomic E-state index is 6.67. The highest BCUT2D eigenvalue weighted by Gasteiger charge is 2.26. The first-order valence-corrected chi connectivity index (χ1v) is 17.7. The molecule has 1 aliphatic heterocycles. The van der Waals surface area contributed by atoms with Crippen LogP contribution in [0.2, 0.25) is 0 Å². The molecule has 3 heterocycles. The molecule has 0 saturated carbocycles. The van der Waals surface area contributed by atoms with E-state index < -0.39 is 0 Å². The predicted octanol–water partition coefficient (Wildman–Crippen LogP) is 12.8. The fourth-order valence-corrected chi connectivity index (χ4v) is 7.76. The van der Waals surface area contributed by atoms with E-state index in [1.54, 1.807) is 0 Å². The number of ether oxygens (including phenoxy) is 2. The minimum atomic E-state index is 0.697. The summed E-state index contributed by atoms with van der Waals surface area (Å²) in [6.07, 6.45) is 0. The molecule has 0 aliphatic carbocycles. The molecule has 2 aromatic heterocycles. The minimum absolute atomic E-state index is 0.697. The molecule has 0 bridgehead atoms. The van der Waals surface area contributed by atoms with Gasteiger partial charge in [-0.3, -0.25) is 0 Å². The van der Waals surface area contributed by atoms with E-state index in [2.05, 4.69) is 120 Å². The number of aromatic nitrogens is 3. The molecular formula is C48H29N3O2. The van der Waals surface area contributed by atoms with Crippen LogP contribution in [0.5, 0.6) is 23.0 Å². The van der Waals surface area contributed by atoms with Crippen LogP contribution in [-0.2, 0) is 0 Å². The molecule has 0 fully saturated rings. The largest absolute Gasteiger partial charge is 0.449 e. The Morgan fingerprint density at radius 3 is 1.94 bits per heavy atom. The third-order valence-electron chi connectivity index (χ3n) is 10.2. The fraction of sp³-hybridized carbons (Fsp3) is 0. The predicted molar refractivity (Wildman–Crippen MR) is 214 cm³/mol. The fourth-order valence-electron chi connectivity index (χ4n) is 7.76. The lowest BCUT2D eigenvalue weighted by atomic mass is 10.0. The molecule has 0 atom stereocenters.